The summed E-state index contributed by atoms with van der Waals surface area (Å²) in [5, 5.41) is 6.90. The SMILES string of the molecule is CCOC(=O)N/C(=C(\Cl)Sc1ccc(Cl)cc1)[P+](c1ccccc1)(c1ccccc1)c1ccccc1.[O-][Cl+3]([O-])([O-])O. The van der Waals surface area contributed by atoms with Gasteiger partial charge in [0.2, 0.25) is 5.44 Å². The quantitative estimate of drug-likeness (QED) is 0.220. The maximum absolute atomic E-state index is 13.0. The number of halogens is 3. The van der Waals surface area contributed by atoms with Crippen LogP contribution >= 0.6 is 42.2 Å². The Balaban J connectivity index is 0.000000850. The molecule has 0 spiro atoms. The molecule has 0 bridgehead atoms. The van der Waals surface area contributed by atoms with Crippen molar-refractivity contribution in [1.29, 1.82) is 0 Å². The van der Waals surface area contributed by atoms with Crippen LogP contribution in [0, 0.1) is 10.2 Å². The van der Waals surface area contributed by atoms with Crippen molar-refractivity contribution >= 4 is 64.2 Å². The molecular weight excluding hydrogens is 628 g/mol. The molecule has 0 fully saturated rings. The summed E-state index contributed by atoms with van der Waals surface area (Å²) in [7, 11) is -7.35. The molecule has 4 rings (SSSR count). The second kappa shape index (κ2) is 15.6. The zero-order valence-electron chi connectivity index (χ0n) is 21.7. The number of alkyl carbamates (subject to hydrolysis) is 1. The van der Waals surface area contributed by atoms with Crippen molar-refractivity contribution < 1.29 is 38.4 Å². The second-order valence-corrected chi connectivity index (χ2v) is 14.3. The van der Waals surface area contributed by atoms with E-state index in [1.165, 1.54) is 11.8 Å². The van der Waals surface area contributed by atoms with E-state index in [1.807, 2.05) is 78.9 Å². The zero-order valence-corrected chi connectivity index (χ0v) is 25.6. The Hall–Kier alpha value is -2.62. The first kappa shape index (κ1) is 32.9. The summed E-state index contributed by atoms with van der Waals surface area (Å²) in [6.45, 7) is 2.02. The lowest BCUT2D eigenvalue weighted by molar-refractivity contribution is -1.92. The molecule has 0 aliphatic rings. The molecule has 4 aromatic rings. The minimum absolute atomic E-state index is 0.245. The highest BCUT2D eigenvalue weighted by Gasteiger charge is 2.52. The van der Waals surface area contributed by atoms with Crippen molar-refractivity contribution in [3.8, 4) is 0 Å². The van der Waals surface area contributed by atoms with Gasteiger partial charge in [0.05, 0.1) is 21.5 Å². The average Bonchev–Trinajstić information content (AvgIpc) is 2.95. The van der Waals surface area contributed by atoms with Gasteiger partial charge in [-0.3, -0.25) is 5.32 Å². The summed E-state index contributed by atoms with van der Waals surface area (Å²) in [5.74, 6) is 0. The van der Waals surface area contributed by atoms with Crippen LogP contribution in [-0.2, 0) is 4.74 Å². The number of thioether (sulfide) groups is 1. The molecule has 12 heteroatoms. The number of rotatable bonds is 8. The Labute approximate surface area is 255 Å². The molecular formula is C29H26Cl3NO6PS+. The van der Waals surface area contributed by atoms with Gasteiger partial charge >= 0.3 is 6.09 Å². The van der Waals surface area contributed by atoms with Crippen molar-refractivity contribution in [2.75, 3.05) is 6.61 Å². The van der Waals surface area contributed by atoms with Crippen molar-refractivity contribution in [3.05, 3.63) is 130 Å². The van der Waals surface area contributed by atoms with Crippen LogP contribution in [-0.4, -0.2) is 17.4 Å². The molecule has 0 unspecified atom stereocenters. The van der Waals surface area contributed by atoms with Crippen LogP contribution in [0.15, 0.2) is 130 Å². The summed E-state index contributed by atoms with van der Waals surface area (Å²) in [4.78, 5) is 13.9. The van der Waals surface area contributed by atoms with Crippen LogP contribution in [0.2, 0.25) is 5.02 Å². The molecule has 0 aromatic heterocycles. The number of hydrogen-bond acceptors (Lipinski definition) is 7. The van der Waals surface area contributed by atoms with Gasteiger partial charge in [0.15, 0.2) is 7.26 Å². The number of ether oxygens (including phenoxy) is 1. The number of carbonyl (C=O) groups is 1. The monoisotopic (exact) mass is 652 g/mol. The van der Waals surface area contributed by atoms with Crippen molar-refractivity contribution in [1.82, 2.24) is 5.32 Å². The van der Waals surface area contributed by atoms with Crippen LogP contribution in [0.25, 0.3) is 0 Å². The van der Waals surface area contributed by atoms with Gasteiger partial charge in [0.1, 0.15) is 20.3 Å². The summed E-state index contributed by atoms with van der Waals surface area (Å²) < 4.78 is 38.5. The third-order valence-corrected chi connectivity index (χ3v) is 11.5. The average molecular weight is 654 g/mol. The van der Waals surface area contributed by atoms with Crippen LogP contribution in [0.5, 0.6) is 0 Å². The molecule has 2 N–H and O–H groups in total. The smallest absolute Gasteiger partial charge is 0.414 e. The molecule has 0 saturated carbocycles. The number of benzene rings is 4. The predicted octanol–water partition coefficient (Wildman–Crippen LogP) is 3.41. The minimum Gasteiger partial charge on any atom is -0.450 e. The highest BCUT2D eigenvalue weighted by atomic mass is 35.7. The lowest BCUT2D eigenvalue weighted by Gasteiger charge is -2.29. The first-order valence-corrected chi connectivity index (χ1v) is 16.6. The van der Waals surface area contributed by atoms with E-state index in [0.29, 0.717) is 14.8 Å². The van der Waals surface area contributed by atoms with Gasteiger partial charge in [-0.1, -0.05) is 89.6 Å². The van der Waals surface area contributed by atoms with E-state index in [4.69, 9.17) is 46.6 Å². The molecule has 214 valence electrons. The van der Waals surface area contributed by atoms with Gasteiger partial charge in [0, 0.05) is 9.92 Å². The number of nitrogens with one attached hydrogen (secondary N) is 1. The van der Waals surface area contributed by atoms with E-state index in [-0.39, 0.29) is 6.61 Å². The lowest BCUT2D eigenvalue weighted by Crippen LogP contribution is -2.58. The molecule has 0 radical (unpaired) electrons. The van der Waals surface area contributed by atoms with Crippen LogP contribution < -0.4 is 35.2 Å². The number of carbonyl (C=O) groups excluding carboxylic acids is 1. The Morgan fingerprint density at radius 1 is 0.829 bits per heavy atom. The molecule has 0 aliphatic heterocycles. The Morgan fingerprint density at radius 2 is 1.22 bits per heavy atom. The fourth-order valence-corrected chi connectivity index (χ4v) is 10.0. The molecule has 1 amide bonds. The molecule has 0 aliphatic carbocycles. The van der Waals surface area contributed by atoms with Gasteiger partial charge in [-0.15, -0.1) is 0 Å². The zero-order chi connectivity index (χ0) is 29.9. The van der Waals surface area contributed by atoms with E-state index >= 15 is 0 Å². The Kier molecular flexibility index (Phi) is 12.5. The normalized spacial score (nSPS) is 12.0. The first-order valence-electron chi connectivity index (χ1n) is 12.0. The standard InChI is InChI=1S/C29H24Cl2NO2PS.ClHO4/c1-2-34-29(33)32-28(27(31)36-26-20-18-22(30)19-21-26)35(23-12-6-3-7-13-23,24-14-8-4-9-15-24)25-16-10-5-11-17-25;2-1(3,4)5/h3-21H,2H2,1H3;(H,2,3,4,5)/p+1/b28-27-;. The van der Waals surface area contributed by atoms with E-state index in [2.05, 4.69) is 41.7 Å². The highest BCUT2D eigenvalue weighted by molar-refractivity contribution is 8.06. The van der Waals surface area contributed by atoms with Crippen LogP contribution in [0.3, 0.4) is 0 Å². The highest BCUT2D eigenvalue weighted by Crippen LogP contribution is 2.63. The first-order chi connectivity index (χ1) is 19.6. The molecule has 7 nitrogen and oxygen atoms in total. The number of hydrogen-bond donors (Lipinski definition) is 2. The summed E-state index contributed by atoms with van der Waals surface area (Å²) in [6, 6.07) is 38.1. The van der Waals surface area contributed by atoms with Gasteiger partial charge in [0.25, 0.3) is 0 Å². The van der Waals surface area contributed by atoms with Crippen LogP contribution in [0.1, 0.15) is 6.92 Å². The topological polar surface area (TPSA) is 128 Å². The van der Waals surface area contributed by atoms with E-state index in [9.17, 15) is 4.79 Å². The van der Waals surface area contributed by atoms with Crippen molar-refractivity contribution in [2.45, 2.75) is 11.8 Å². The Morgan fingerprint density at radius 3 is 1.59 bits per heavy atom. The maximum Gasteiger partial charge on any atom is 0.414 e. The van der Waals surface area contributed by atoms with Crippen molar-refractivity contribution in [3.63, 3.8) is 0 Å². The molecule has 0 saturated heterocycles. The number of amides is 1. The van der Waals surface area contributed by atoms with Crippen molar-refractivity contribution in [2.24, 2.45) is 0 Å². The molecule has 0 atom stereocenters. The molecule has 4 aromatic carbocycles. The summed E-state index contributed by atoms with van der Waals surface area (Å²) in [6.07, 6.45) is -0.547. The largest absolute Gasteiger partial charge is 0.450 e. The van der Waals surface area contributed by atoms with Crippen LogP contribution in [0.4, 0.5) is 4.79 Å². The predicted molar refractivity (Wildman–Crippen MR) is 158 cm³/mol. The van der Waals surface area contributed by atoms with Gasteiger partial charge in [-0.25, -0.2) is 4.79 Å². The summed E-state index contributed by atoms with van der Waals surface area (Å²) >= 11 is 14.6. The third-order valence-electron chi connectivity index (χ3n) is 5.47. The molecule has 0 heterocycles. The minimum atomic E-state index is -4.69. The second-order valence-electron chi connectivity index (χ2n) is 8.10. The van der Waals surface area contributed by atoms with E-state index in [1.54, 1.807) is 6.92 Å². The lowest BCUT2D eigenvalue weighted by atomic mass is 10.4. The van der Waals surface area contributed by atoms with E-state index in [0.717, 1.165) is 20.8 Å². The van der Waals surface area contributed by atoms with E-state index < -0.39 is 23.6 Å². The third kappa shape index (κ3) is 9.45. The maximum atomic E-state index is 13.0. The van der Waals surface area contributed by atoms with Gasteiger partial charge in [-0.05, 0) is 67.6 Å². The summed E-state index contributed by atoms with van der Waals surface area (Å²) in [5.41, 5.74) is 0.617. The Bertz CT molecular complexity index is 1320. The fourth-order valence-electron chi connectivity index (χ4n) is 3.97. The van der Waals surface area contributed by atoms with Gasteiger partial charge in [-0.2, -0.15) is 14.0 Å². The van der Waals surface area contributed by atoms with Gasteiger partial charge < -0.3 is 4.74 Å². The molecule has 41 heavy (non-hydrogen) atoms. The fraction of sp³-hybridized carbons (Fsp3) is 0.0690.